The van der Waals surface area contributed by atoms with E-state index >= 15 is 0 Å². The zero-order valence-corrected chi connectivity index (χ0v) is 28.1. The van der Waals surface area contributed by atoms with E-state index in [4.69, 9.17) is 28.4 Å². The summed E-state index contributed by atoms with van der Waals surface area (Å²) in [5.74, 6) is -3.58. The van der Waals surface area contributed by atoms with Crippen molar-refractivity contribution in [3.05, 3.63) is 54.4 Å². The summed E-state index contributed by atoms with van der Waals surface area (Å²) in [6.07, 6.45) is -2.03. The van der Waals surface area contributed by atoms with Gasteiger partial charge >= 0.3 is 23.9 Å². The summed E-state index contributed by atoms with van der Waals surface area (Å²) in [4.78, 5) is 55.0. The van der Waals surface area contributed by atoms with E-state index in [1.54, 1.807) is 24.4 Å². The molecule has 5 aromatic rings. The number of methoxy groups -OCH3 is 1. The third-order valence-electron chi connectivity index (χ3n) is 9.07. The minimum atomic E-state index is -1.62. The second-order valence-electron chi connectivity index (χ2n) is 12.4. The average Bonchev–Trinajstić information content (AvgIpc) is 3.75. The average molecular weight is 702 g/mol. The molecular formula is C36H35N3O12. The minimum Gasteiger partial charge on any atom is -0.494 e. The van der Waals surface area contributed by atoms with Gasteiger partial charge < -0.3 is 48.2 Å². The van der Waals surface area contributed by atoms with Crippen molar-refractivity contribution < 1.29 is 57.8 Å². The Kier molecular flexibility index (Phi) is 8.59. The molecule has 2 aromatic carbocycles. The maximum Gasteiger partial charge on any atom is 0.339 e. The number of esters is 4. The van der Waals surface area contributed by atoms with Crippen LogP contribution in [0.5, 0.6) is 17.5 Å². The van der Waals surface area contributed by atoms with Crippen LogP contribution in [0.15, 0.2) is 48.8 Å². The molecule has 0 aliphatic carbocycles. The second kappa shape index (κ2) is 13.1. The van der Waals surface area contributed by atoms with Crippen LogP contribution in [0.3, 0.4) is 0 Å². The molecule has 51 heavy (non-hydrogen) atoms. The van der Waals surface area contributed by atoms with Crippen molar-refractivity contribution in [2.75, 3.05) is 7.11 Å². The van der Waals surface area contributed by atoms with E-state index in [0.717, 1.165) is 63.7 Å². The lowest BCUT2D eigenvalue weighted by Crippen LogP contribution is -2.64. The number of aromatic amines is 2. The Bertz CT molecular complexity index is 2200. The number of benzene rings is 2. The summed E-state index contributed by atoms with van der Waals surface area (Å²) in [5.41, 5.74) is 5.08. The number of H-pyrrole nitrogens is 2. The Labute approximate surface area is 289 Å². The number of nitrogens with zero attached hydrogens (tertiary/aromatic N) is 1. The van der Waals surface area contributed by atoms with Crippen molar-refractivity contribution >= 4 is 45.7 Å². The highest BCUT2D eigenvalue weighted by atomic mass is 16.7. The fourth-order valence-electron chi connectivity index (χ4n) is 7.15. The predicted octanol–water partition coefficient (Wildman–Crippen LogP) is 4.21. The molecule has 2 aliphatic rings. The largest absolute Gasteiger partial charge is 0.494 e. The highest BCUT2D eigenvalue weighted by Gasteiger charge is 2.55. The van der Waals surface area contributed by atoms with Gasteiger partial charge in [-0.05, 0) is 30.5 Å². The molecule has 266 valence electrons. The number of aromatic nitrogens is 3. The Morgan fingerprint density at radius 2 is 1.55 bits per heavy atom. The number of para-hydroxylation sites is 1. The summed E-state index contributed by atoms with van der Waals surface area (Å²) in [7, 11) is 1.10. The summed E-state index contributed by atoms with van der Waals surface area (Å²) >= 11 is 0. The molecule has 5 atom stereocenters. The SMILES string of the molecule is COC(=O)C1OC(Oc2ccc3c(-c4c(O)[nH]c(O)c4-c4cn5c6c(cccc46)CCC5)c[nH]c3c2)C(OC(C)=O)C(OC(C)=O)C1OC(C)=O. The first-order valence-electron chi connectivity index (χ1n) is 16.2. The Hall–Kier alpha value is -5.96. The first-order valence-corrected chi connectivity index (χ1v) is 16.2. The minimum absolute atomic E-state index is 0.180. The zero-order chi connectivity index (χ0) is 36.1. The molecule has 15 nitrogen and oxygen atoms in total. The van der Waals surface area contributed by atoms with E-state index in [9.17, 15) is 29.4 Å². The van der Waals surface area contributed by atoms with Crippen LogP contribution >= 0.6 is 0 Å². The maximum atomic E-state index is 12.8. The smallest absolute Gasteiger partial charge is 0.339 e. The number of carbonyl (C=O) groups excluding carboxylic acids is 4. The molecule has 0 saturated carbocycles. The molecule has 0 radical (unpaired) electrons. The molecule has 0 amide bonds. The monoisotopic (exact) mass is 701 g/mol. The van der Waals surface area contributed by atoms with Gasteiger partial charge in [0, 0.05) is 73.2 Å². The van der Waals surface area contributed by atoms with Gasteiger partial charge in [0.15, 0.2) is 30.1 Å². The molecular weight excluding hydrogens is 666 g/mol. The zero-order valence-electron chi connectivity index (χ0n) is 28.1. The Morgan fingerprint density at radius 3 is 2.25 bits per heavy atom. The topological polar surface area (TPSA) is 201 Å². The molecule has 1 saturated heterocycles. The van der Waals surface area contributed by atoms with Crippen LogP contribution in [0.4, 0.5) is 0 Å². The third kappa shape index (κ3) is 5.98. The maximum absolute atomic E-state index is 12.8. The van der Waals surface area contributed by atoms with Crippen molar-refractivity contribution in [1.29, 1.82) is 0 Å². The number of hydrogen-bond acceptors (Lipinski definition) is 12. The van der Waals surface area contributed by atoms with Crippen LogP contribution in [0.2, 0.25) is 0 Å². The van der Waals surface area contributed by atoms with Crippen LogP contribution in [0.25, 0.3) is 44.1 Å². The highest BCUT2D eigenvalue weighted by molar-refractivity contribution is 6.08. The lowest BCUT2D eigenvalue weighted by Gasteiger charge is -2.43. The molecule has 4 N–H and O–H groups in total. The standard InChI is InChI=1S/C36H35N3O12/c1-16(40)47-29-30(48-17(2)41)32(49-18(3)42)36(51-31(29)35(45)46-4)50-20-10-11-21-23(14-37-25(21)13-20)26-27(34(44)38-33(26)43)24-15-39-12-6-8-19-7-5-9-22(24)28(19)39/h5,7,9-11,13-15,29-32,36-38,43-44H,6,8,12H2,1-4H3. The Morgan fingerprint density at radius 1 is 0.863 bits per heavy atom. The molecule has 3 aromatic heterocycles. The van der Waals surface area contributed by atoms with Gasteiger partial charge in [0.1, 0.15) is 5.75 Å². The lowest BCUT2D eigenvalue weighted by atomic mass is 9.96. The lowest BCUT2D eigenvalue weighted by molar-refractivity contribution is -0.282. The highest BCUT2D eigenvalue weighted by Crippen LogP contribution is 2.49. The summed E-state index contributed by atoms with van der Waals surface area (Å²) in [6.45, 7) is 4.15. The number of fused-ring (bicyclic) bond motifs is 1. The molecule has 15 heteroatoms. The van der Waals surface area contributed by atoms with Gasteiger partial charge in [-0.2, -0.15) is 0 Å². The van der Waals surface area contributed by atoms with E-state index in [0.29, 0.717) is 27.6 Å². The van der Waals surface area contributed by atoms with Crippen LogP contribution in [0, 0.1) is 0 Å². The number of hydrogen-bond donors (Lipinski definition) is 4. The van der Waals surface area contributed by atoms with Crippen molar-refractivity contribution in [3.8, 4) is 39.8 Å². The van der Waals surface area contributed by atoms with Crippen molar-refractivity contribution in [2.24, 2.45) is 0 Å². The number of rotatable bonds is 8. The Balaban J connectivity index is 1.26. The van der Waals surface area contributed by atoms with Crippen LogP contribution in [-0.4, -0.2) is 86.4 Å². The van der Waals surface area contributed by atoms with Gasteiger partial charge in [0.2, 0.25) is 12.4 Å². The summed E-state index contributed by atoms with van der Waals surface area (Å²) in [5, 5.41) is 23.8. The van der Waals surface area contributed by atoms with E-state index < -0.39 is 54.6 Å². The van der Waals surface area contributed by atoms with E-state index in [2.05, 4.69) is 20.6 Å². The fraction of sp³-hybridized carbons (Fsp3) is 0.333. The second-order valence-corrected chi connectivity index (χ2v) is 12.4. The molecule has 7 rings (SSSR count). The van der Waals surface area contributed by atoms with Gasteiger partial charge in [0.25, 0.3) is 0 Å². The third-order valence-corrected chi connectivity index (χ3v) is 9.07. The van der Waals surface area contributed by atoms with Crippen LogP contribution in [0.1, 0.15) is 32.8 Å². The van der Waals surface area contributed by atoms with Gasteiger partial charge in [-0.15, -0.1) is 0 Å². The fourth-order valence-corrected chi connectivity index (χ4v) is 7.15. The molecule has 0 spiro atoms. The van der Waals surface area contributed by atoms with Crippen molar-refractivity contribution in [3.63, 3.8) is 0 Å². The molecule has 2 aliphatic heterocycles. The van der Waals surface area contributed by atoms with Crippen molar-refractivity contribution in [2.45, 2.75) is 70.9 Å². The summed E-state index contributed by atoms with van der Waals surface area (Å²) < 4.78 is 35.2. The molecule has 1 fully saturated rings. The predicted molar refractivity (Wildman–Crippen MR) is 179 cm³/mol. The number of ether oxygens (including phenoxy) is 6. The van der Waals surface area contributed by atoms with Crippen LogP contribution < -0.4 is 4.74 Å². The number of aromatic hydroxyl groups is 2. The van der Waals surface area contributed by atoms with E-state index in [1.165, 1.54) is 5.56 Å². The van der Waals surface area contributed by atoms with E-state index in [1.807, 2.05) is 18.3 Å². The number of carbonyl (C=O) groups is 4. The first-order chi connectivity index (χ1) is 24.4. The molecule has 5 unspecified atom stereocenters. The molecule has 0 bridgehead atoms. The van der Waals surface area contributed by atoms with Crippen LogP contribution in [-0.2, 0) is 55.8 Å². The van der Waals surface area contributed by atoms with Gasteiger partial charge in [0.05, 0.1) is 23.8 Å². The van der Waals surface area contributed by atoms with Gasteiger partial charge in [-0.25, -0.2) is 4.79 Å². The van der Waals surface area contributed by atoms with E-state index in [-0.39, 0.29) is 17.5 Å². The summed E-state index contributed by atoms with van der Waals surface area (Å²) in [6, 6.07) is 11.0. The quantitative estimate of drug-likeness (QED) is 0.133. The molecule has 5 heterocycles. The number of nitrogens with one attached hydrogen (secondary N) is 2. The van der Waals surface area contributed by atoms with Gasteiger partial charge in [-0.3, -0.25) is 19.4 Å². The number of aryl methyl sites for hydroxylation is 2. The van der Waals surface area contributed by atoms with Gasteiger partial charge in [-0.1, -0.05) is 18.2 Å². The van der Waals surface area contributed by atoms with Crippen molar-refractivity contribution in [1.82, 2.24) is 14.5 Å². The normalized spacial score (nSPS) is 21.3. The first kappa shape index (κ1) is 33.5.